The predicted octanol–water partition coefficient (Wildman–Crippen LogP) is 21.3. The molecule has 0 aliphatic carbocycles. The maximum Gasteiger partial charge on any atom is 0.472 e. The molecule has 0 amide bonds. The minimum absolute atomic E-state index is 0.102. The van der Waals surface area contributed by atoms with E-state index in [9.17, 15) is 43.2 Å². The first kappa shape index (κ1) is 91.1. The van der Waals surface area contributed by atoms with Gasteiger partial charge in [0, 0.05) is 25.7 Å². The molecule has 0 fully saturated rings. The topological polar surface area (TPSA) is 237 Å². The summed E-state index contributed by atoms with van der Waals surface area (Å²) in [5.74, 6) is 0.855. The zero-order chi connectivity index (χ0) is 68.9. The van der Waals surface area contributed by atoms with Crippen molar-refractivity contribution in [2.24, 2.45) is 23.7 Å². The van der Waals surface area contributed by atoms with Crippen LogP contribution in [0.1, 0.15) is 370 Å². The summed E-state index contributed by atoms with van der Waals surface area (Å²) in [6, 6.07) is 0. The van der Waals surface area contributed by atoms with E-state index < -0.39 is 97.5 Å². The molecule has 3 N–H and O–H groups in total. The lowest BCUT2D eigenvalue weighted by Crippen LogP contribution is -2.30. The highest BCUT2D eigenvalue weighted by atomic mass is 31.2. The molecular formula is C74H144O17P2. The van der Waals surface area contributed by atoms with Crippen LogP contribution < -0.4 is 0 Å². The summed E-state index contributed by atoms with van der Waals surface area (Å²) in [6.45, 7) is 14.1. The molecule has 0 saturated carbocycles. The number of aliphatic hydroxyl groups excluding tert-OH is 1. The van der Waals surface area contributed by atoms with E-state index in [1.807, 2.05) is 0 Å². The molecule has 552 valence electrons. The van der Waals surface area contributed by atoms with E-state index in [0.29, 0.717) is 31.6 Å². The van der Waals surface area contributed by atoms with Gasteiger partial charge in [-0.3, -0.25) is 37.3 Å². The number of hydrogen-bond donors (Lipinski definition) is 3. The van der Waals surface area contributed by atoms with Gasteiger partial charge in [0.15, 0.2) is 12.2 Å². The average Bonchev–Trinajstić information content (AvgIpc) is 2.30. The molecule has 93 heavy (non-hydrogen) atoms. The molecule has 0 aliphatic rings. The number of aliphatic hydroxyl groups is 1. The van der Waals surface area contributed by atoms with Gasteiger partial charge in [0.2, 0.25) is 0 Å². The van der Waals surface area contributed by atoms with Crippen LogP contribution in [0.3, 0.4) is 0 Å². The van der Waals surface area contributed by atoms with Gasteiger partial charge in [-0.1, -0.05) is 319 Å². The molecule has 0 radical (unpaired) electrons. The van der Waals surface area contributed by atoms with E-state index in [1.54, 1.807) is 0 Å². The van der Waals surface area contributed by atoms with Crippen LogP contribution >= 0.6 is 15.6 Å². The molecule has 0 heterocycles. The highest BCUT2D eigenvalue weighted by molar-refractivity contribution is 7.47. The molecule has 0 saturated heterocycles. The monoisotopic (exact) mass is 1370 g/mol. The Balaban J connectivity index is 5.16. The van der Waals surface area contributed by atoms with Crippen LogP contribution in [0.15, 0.2) is 0 Å². The number of phosphoric ester groups is 2. The standard InChI is InChI=1S/C74H144O17P2/c1-9-67(8)53-45-37-32-33-41-49-57-74(79)91-70(61-85-72(77)55-47-39-31-25-28-36-44-52-66(6)7)63-89-93(82,83)87-59-68(75)58-86-92(80,81)88-62-69(90-73(78)56-48-40-30-24-20-22-27-35-43-51-65(4)5)60-84-71(76)54-46-38-29-23-19-17-15-13-11-10-12-14-16-18-21-26-34-42-50-64(2)3/h64-70,75H,9-63H2,1-8H3,(H,80,81)(H,82,83)/t67?,68?,69-,70-/m1/s1. The van der Waals surface area contributed by atoms with Crippen molar-refractivity contribution in [3.63, 3.8) is 0 Å². The lowest BCUT2D eigenvalue weighted by molar-refractivity contribution is -0.161. The Bertz CT molecular complexity index is 1840. The van der Waals surface area contributed by atoms with E-state index >= 15 is 0 Å². The third-order valence-corrected chi connectivity index (χ3v) is 19.3. The molecule has 0 aliphatic heterocycles. The zero-order valence-corrected chi connectivity index (χ0v) is 62.7. The quantitative estimate of drug-likeness (QED) is 0.0222. The number of hydrogen-bond acceptors (Lipinski definition) is 15. The maximum absolute atomic E-state index is 13.0. The van der Waals surface area contributed by atoms with Crippen LogP contribution in [0.25, 0.3) is 0 Å². The first-order valence-corrected chi connectivity index (χ1v) is 41.2. The number of unbranched alkanes of at least 4 members (excludes halogenated alkanes) is 36. The van der Waals surface area contributed by atoms with Gasteiger partial charge in [-0.15, -0.1) is 0 Å². The minimum atomic E-state index is -4.96. The van der Waals surface area contributed by atoms with Crippen molar-refractivity contribution in [1.29, 1.82) is 0 Å². The summed E-state index contributed by atoms with van der Waals surface area (Å²) in [7, 11) is -9.91. The SMILES string of the molecule is CCC(C)CCCCCCCCC(=O)O[C@H](COC(=O)CCCCCCCCCC(C)C)COP(=O)(O)OCC(O)COP(=O)(O)OC[C@@H](COC(=O)CCCCCCCCCCCCCCCCCCCCC(C)C)OC(=O)CCCCCCCCCCCC(C)C. The molecule has 17 nitrogen and oxygen atoms in total. The normalized spacial score (nSPS) is 14.5. The summed E-state index contributed by atoms with van der Waals surface area (Å²) in [5, 5.41) is 10.6. The average molecular weight is 1370 g/mol. The Morgan fingerprint density at radius 3 is 0.763 bits per heavy atom. The maximum atomic E-state index is 13.0. The molecule has 4 unspecified atom stereocenters. The summed E-state index contributed by atoms with van der Waals surface area (Å²) in [6.07, 6.45) is 47.5. The summed E-state index contributed by atoms with van der Waals surface area (Å²) in [4.78, 5) is 72.6. The fraction of sp³-hybridized carbons (Fsp3) is 0.946. The Labute approximate surface area is 568 Å². The van der Waals surface area contributed by atoms with Crippen molar-refractivity contribution in [1.82, 2.24) is 0 Å². The van der Waals surface area contributed by atoms with Gasteiger partial charge in [-0.05, 0) is 49.4 Å². The van der Waals surface area contributed by atoms with E-state index in [0.717, 1.165) is 114 Å². The highest BCUT2D eigenvalue weighted by Gasteiger charge is 2.30. The van der Waals surface area contributed by atoms with Crippen LogP contribution in [0.4, 0.5) is 0 Å². The molecule has 0 aromatic heterocycles. The zero-order valence-electron chi connectivity index (χ0n) is 60.9. The summed E-state index contributed by atoms with van der Waals surface area (Å²) < 4.78 is 68.3. The van der Waals surface area contributed by atoms with Gasteiger partial charge in [0.05, 0.1) is 26.4 Å². The van der Waals surface area contributed by atoms with Crippen molar-refractivity contribution in [2.45, 2.75) is 388 Å². The second kappa shape index (κ2) is 63.5. The molecule has 0 aromatic rings. The van der Waals surface area contributed by atoms with Crippen molar-refractivity contribution in [2.75, 3.05) is 39.6 Å². The van der Waals surface area contributed by atoms with E-state index in [-0.39, 0.29) is 25.7 Å². The fourth-order valence-electron chi connectivity index (χ4n) is 11.2. The van der Waals surface area contributed by atoms with Gasteiger partial charge >= 0.3 is 39.5 Å². The van der Waals surface area contributed by atoms with Crippen LogP contribution in [0.2, 0.25) is 0 Å². The smallest absolute Gasteiger partial charge is 0.462 e. The fourth-order valence-corrected chi connectivity index (χ4v) is 12.7. The number of ether oxygens (including phenoxy) is 4. The number of carbonyl (C=O) groups is 4. The highest BCUT2D eigenvalue weighted by Crippen LogP contribution is 2.45. The first-order valence-electron chi connectivity index (χ1n) is 38.2. The van der Waals surface area contributed by atoms with E-state index in [1.165, 1.54) is 167 Å². The number of esters is 4. The van der Waals surface area contributed by atoms with Gasteiger partial charge < -0.3 is 33.8 Å². The summed E-state index contributed by atoms with van der Waals surface area (Å²) in [5.41, 5.74) is 0. The van der Waals surface area contributed by atoms with E-state index in [4.69, 9.17) is 37.0 Å². The third kappa shape index (κ3) is 67.0. The van der Waals surface area contributed by atoms with Gasteiger partial charge in [-0.25, -0.2) is 9.13 Å². The largest absolute Gasteiger partial charge is 0.472 e. The van der Waals surface area contributed by atoms with E-state index in [2.05, 4.69) is 55.4 Å². The van der Waals surface area contributed by atoms with Crippen molar-refractivity contribution < 1.29 is 80.2 Å². The third-order valence-electron chi connectivity index (χ3n) is 17.4. The molecular weight excluding hydrogens is 1220 g/mol. The van der Waals surface area contributed by atoms with Crippen molar-refractivity contribution >= 4 is 39.5 Å². The summed E-state index contributed by atoms with van der Waals surface area (Å²) >= 11 is 0. The number of carbonyl (C=O) groups excluding carboxylic acids is 4. The Hall–Kier alpha value is -1.94. The second-order valence-electron chi connectivity index (χ2n) is 28.4. The lowest BCUT2D eigenvalue weighted by atomic mass is 10.00. The van der Waals surface area contributed by atoms with Crippen LogP contribution in [0, 0.1) is 23.7 Å². The Kier molecular flexibility index (Phi) is 62.2. The predicted molar refractivity (Wildman–Crippen MR) is 377 cm³/mol. The van der Waals surface area contributed by atoms with Crippen LogP contribution in [0.5, 0.6) is 0 Å². The molecule has 0 aromatic carbocycles. The Morgan fingerprint density at radius 2 is 0.516 bits per heavy atom. The minimum Gasteiger partial charge on any atom is -0.462 e. The van der Waals surface area contributed by atoms with Crippen molar-refractivity contribution in [3.05, 3.63) is 0 Å². The first-order chi connectivity index (χ1) is 44.6. The molecule has 6 atom stereocenters. The number of phosphoric acid groups is 2. The lowest BCUT2D eigenvalue weighted by Gasteiger charge is -2.21. The molecule has 19 heteroatoms. The van der Waals surface area contributed by atoms with Gasteiger partial charge in [-0.2, -0.15) is 0 Å². The molecule has 0 spiro atoms. The van der Waals surface area contributed by atoms with Crippen LogP contribution in [-0.4, -0.2) is 96.7 Å². The van der Waals surface area contributed by atoms with Gasteiger partial charge in [0.25, 0.3) is 0 Å². The Morgan fingerprint density at radius 1 is 0.301 bits per heavy atom. The number of rotatable bonds is 71. The van der Waals surface area contributed by atoms with Crippen LogP contribution in [-0.2, 0) is 65.4 Å². The molecule has 0 rings (SSSR count). The second-order valence-corrected chi connectivity index (χ2v) is 31.3. The molecule has 0 bridgehead atoms. The van der Waals surface area contributed by atoms with Crippen molar-refractivity contribution in [3.8, 4) is 0 Å². The van der Waals surface area contributed by atoms with Gasteiger partial charge in [0.1, 0.15) is 19.3 Å².